The van der Waals surface area contributed by atoms with E-state index in [2.05, 4.69) is 5.32 Å². The Balaban J connectivity index is 1.83. The lowest BCUT2D eigenvalue weighted by Crippen LogP contribution is -2.16. The number of nitrogens with one attached hydrogen (secondary N) is 1. The predicted octanol–water partition coefficient (Wildman–Crippen LogP) is 4.14. The van der Waals surface area contributed by atoms with Crippen molar-refractivity contribution in [2.24, 2.45) is 0 Å². The van der Waals surface area contributed by atoms with Crippen molar-refractivity contribution in [3.05, 3.63) is 85.5 Å². The van der Waals surface area contributed by atoms with Gasteiger partial charge in [-0.15, -0.1) is 0 Å². The largest absolute Gasteiger partial charge is 0.321 e. The Morgan fingerprint density at radius 2 is 1.52 bits per heavy atom. The highest BCUT2D eigenvalue weighted by Crippen LogP contribution is 2.17. The lowest BCUT2D eigenvalue weighted by Gasteiger charge is -2.07. The van der Waals surface area contributed by atoms with Gasteiger partial charge in [-0.1, -0.05) is 58.9 Å². The molecule has 1 aromatic heterocycles. The van der Waals surface area contributed by atoms with Crippen LogP contribution in [0.3, 0.4) is 0 Å². The van der Waals surface area contributed by atoms with Crippen LogP contribution in [0.2, 0.25) is 0 Å². The number of carbonyl (C=O) groups is 1. The Morgan fingerprint density at radius 3 is 2.12 bits per heavy atom. The lowest BCUT2D eigenvalue weighted by atomic mass is 10.1. The van der Waals surface area contributed by atoms with E-state index in [1.807, 2.05) is 69.3 Å². The summed E-state index contributed by atoms with van der Waals surface area (Å²) in [7, 11) is 0. The number of hydrogen-bond acceptors (Lipinski definition) is 3. The summed E-state index contributed by atoms with van der Waals surface area (Å²) in [5.74, 6) is -0.244. The first kappa shape index (κ1) is 17.2. The van der Waals surface area contributed by atoms with E-state index in [0.29, 0.717) is 17.1 Å². The van der Waals surface area contributed by atoms with Gasteiger partial charge in [-0.05, 0) is 38.5 Å². The maximum atomic E-state index is 12.5. The van der Waals surface area contributed by atoms with Crippen molar-refractivity contribution >= 4 is 22.9 Å². The standard InChI is InChI=1S/C20H20N2O2S/c1-13-4-8-16(9-5-13)12-22-15(3)18(25-20(22)24)19(23)21-17-10-6-14(2)7-11-17/h4-11H,12H2,1-3H3,(H,21,23). The summed E-state index contributed by atoms with van der Waals surface area (Å²) in [6.45, 7) is 6.31. The van der Waals surface area contributed by atoms with Crippen LogP contribution in [0.5, 0.6) is 0 Å². The van der Waals surface area contributed by atoms with Crippen LogP contribution in [0.4, 0.5) is 5.69 Å². The van der Waals surface area contributed by atoms with Crippen LogP contribution >= 0.6 is 11.3 Å². The molecule has 0 bridgehead atoms. The van der Waals surface area contributed by atoms with E-state index in [-0.39, 0.29) is 10.8 Å². The average Bonchev–Trinajstić information content (AvgIpc) is 2.87. The first-order valence-electron chi connectivity index (χ1n) is 8.08. The Bertz CT molecular complexity index is 951. The van der Waals surface area contributed by atoms with Crippen LogP contribution in [-0.4, -0.2) is 10.5 Å². The van der Waals surface area contributed by atoms with Crippen LogP contribution < -0.4 is 10.2 Å². The molecule has 0 radical (unpaired) electrons. The van der Waals surface area contributed by atoms with Gasteiger partial charge in [-0.3, -0.25) is 14.2 Å². The van der Waals surface area contributed by atoms with Crippen molar-refractivity contribution in [1.29, 1.82) is 0 Å². The van der Waals surface area contributed by atoms with Crippen molar-refractivity contribution in [3.63, 3.8) is 0 Å². The zero-order chi connectivity index (χ0) is 18.0. The minimum atomic E-state index is -0.244. The van der Waals surface area contributed by atoms with E-state index in [1.165, 1.54) is 5.56 Å². The molecule has 25 heavy (non-hydrogen) atoms. The van der Waals surface area contributed by atoms with Crippen LogP contribution in [0.1, 0.15) is 32.1 Å². The lowest BCUT2D eigenvalue weighted by molar-refractivity contribution is 0.102. The molecule has 4 nitrogen and oxygen atoms in total. The van der Waals surface area contributed by atoms with E-state index in [9.17, 15) is 9.59 Å². The topological polar surface area (TPSA) is 51.1 Å². The van der Waals surface area contributed by atoms with Crippen LogP contribution in [0, 0.1) is 20.8 Å². The van der Waals surface area contributed by atoms with Crippen LogP contribution in [-0.2, 0) is 6.54 Å². The highest BCUT2D eigenvalue weighted by Gasteiger charge is 2.18. The zero-order valence-electron chi connectivity index (χ0n) is 14.5. The van der Waals surface area contributed by atoms with Gasteiger partial charge in [0.1, 0.15) is 4.88 Å². The highest BCUT2D eigenvalue weighted by atomic mass is 32.1. The van der Waals surface area contributed by atoms with E-state index in [0.717, 1.165) is 28.2 Å². The van der Waals surface area contributed by atoms with Gasteiger partial charge in [0.05, 0.1) is 6.54 Å². The minimum absolute atomic E-state index is 0.118. The molecule has 1 heterocycles. The number of amides is 1. The van der Waals surface area contributed by atoms with Gasteiger partial charge in [-0.25, -0.2) is 0 Å². The van der Waals surface area contributed by atoms with Crippen LogP contribution in [0.25, 0.3) is 0 Å². The van der Waals surface area contributed by atoms with E-state index >= 15 is 0 Å². The quantitative estimate of drug-likeness (QED) is 0.767. The fraction of sp³-hybridized carbons (Fsp3) is 0.200. The number of nitrogens with zero attached hydrogens (tertiary/aromatic N) is 1. The molecular weight excluding hydrogens is 332 g/mol. The fourth-order valence-corrected chi connectivity index (χ4v) is 3.46. The van der Waals surface area contributed by atoms with E-state index < -0.39 is 0 Å². The summed E-state index contributed by atoms with van der Waals surface area (Å²) in [6, 6.07) is 15.6. The molecule has 0 aliphatic rings. The molecule has 1 N–H and O–H groups in total. The number of aromatic nitrogens is 1. The van der Waals surface area contributed by atoms with Gasteiger partial charge in [0.25, 0.3) is 5.91 Å². The minimum Gasteiger partial charge on any atom is -0.321 e. The monoisotopic (exact) mass is 352 g/mol. The molecule has 128 valence electrons. The average molecular weight is 352 g/mol. The van der Waals surface area contributed by atoms with E-state index in [4.69, 9.17) is 0 Å². The molecule has 0 aliphatic carbocycles. The molecule has 2 aromatic carbocycles. The summed E-state index contributed by atoms with van der Waals surface area (Å²) in [4.78, 5) is 25.2. The molecule has 3 rings (SSSR count). The Labute approximate surface area is 150 Å². The third-order valence-electron chi connectivity index (χ3n) is 4.12. The number of carbonyl (C=O) groups excluding carboxylic acids is 1. The Hall–Kier alpha value is -2.66. The third kappa shape index (κ3) is 3.88. The van der Waals surface area contributed by atoms with Crippen molar-refractivity contribution < 1.29 is 4.79 Å². The maximum Gasteiger partial charge on any atom is 0.308 e. The SMILES string of the molecule is Cc1ccc(Cn2c(C)c(C(=O)Nc3ccc(C)cc3)sc2=O)cc1. The summed E-state index contributed by atoms with van der Waals surface area (Å²) in [6.07, 6.45) is 0. The zero-order valence-corrected chi connectivity index (χ0v) is 15.3. The van der Waals surface area contributed by atoms with Crippen molar-refractivity contribution in [2.45, 2.75) is 27.3 Å². The maximum absolute atomic E-state index is 12.5. The third-order valence-corrected chi connectivity index (χ3v) is 5.20. The van der Waals surface area contributed by atoms with Gasteiger partial charge in [0.2, 0.25) is 0 Å². The van der Waals surface area contributed by atoms with Crippen molar-refractivity contribution in [2.75, 3.05) is 5.32 Å². The number of aryl methyl sites for hydroxylation is 2. The second-order valence-electron chi connectivity index (χ2n) is 6.17. The highest BCUT2D eigenvalue weighted by molar-refractivity contribution is 7.11. The number of thiazole rings is 1. The van der Waals surface area contributed by atoms with Crippen LogP contribution in [0.15, 0.2) is 53.3 Å². The normalized spacial score (nSPS) is 10.7. The summed E-state index contributed by atoms with van der Waals surface area (Å²) in [5, 5.41) is 2.86. The number of anilines is 1. The molecule has 3 aromatic rings. The molecule has 0 fully saturated rings. The molecule has 0 saturated carbocycles. The molecule has 5 heteroatoms. The van der Waals surface area contributed by atoms with E-state index in [1.54, 1.807) is 4.57 Å². The first-order valence-corrected chi connectivity index (χ1v) is 8.89. The molecule has 0 saturated heterocycles. The van der Waals surface area contributed by atoms with Gasteiger partial charge in [-0.2, -0.15) is 0 Å². The molecular formula is C20H20N2O2S. The second kappa shape index (κ2) is 7.07. The molecule has 0 spiro atoms. The van der Waals surface area contributed by atoms with Crippen molar-refractivity contribution in [3.8, 4) is 0 Å². The summed E-state index contributed by atoms with van der Waals surface area (Å²) >= 11 is 0.989. The number of hydrogen-bond donors (Lipinski definition) is 1. The molecule has 0 unspecified atom stereocenters. The Kier molecular flexibility index (Phi) is 4.86. The molecule has 0 aliphatic heterocycles. The number of benzene rings is 2. The van der Waals surface area contributed by atoms with Gasteiger partial charge < -0.3 is 5.32 Å². The number of rotatable bonds is 4. The molecule has 0 atom stereocenters. The second-order valence-corrected chi connectivity index (χ2v) is 7.14. The molecule has 1 amide bonds. The van der Waals surface area contributed by atoms with Gasteiger partial charge in [0.15, 0.2) is 0 Å². The fourth-order valence-electron chi connectivity index (χ4n) is 2.57. The van der Waals surface area contributed by atoms with Crippen molar-refractivity contribution in [1.82, 2.24) is 4.57 Å². The predicted molar refractivity (Wildman–Crippen MR) is 103 cm³/mol. The summed E-state index contributed by atoms with van der Waals surface area (Å²) in [5.41, 5.74) is 4.76. The smallest absolute Gasteiger partial charge is 0.308 e. The Morgan fingerprint density at radius 1 is 0.960 bits per heavy atom. The van der Waals surface area contributed by atoms with Gasteiger partial charge in [0, 0.05) is 11.4 Å². The first-order chi connectivity index (χ1) is 11.9. The summed E-state index contributed by atoms with van der Waals surface area (Å²) < 4.78 is 1.65. The van der Waals surface area contributed by atoms with Gasteiger partial charge >= 0.3 is 4.87 Å².